The lowest BCUT2D eigenvalue weighted by atomic mass is 9.85. The van der Waals surface area contributed by atoms with Crippen molar-refractivity contribution in [1.29, 1.82) is 0 Å². The molecule has 2 aliphatic heterocycles. The van der Waals surface area contributed by atoms with Gasteiger partial charge in [-0.05, 0) is 25.0 Å². The lowest BCUT2D eigenvalue weighted by molar-refractivity contribution is -0.148. The second-order valence-electron chi connectivity index (χ2n) is 9.20. The minimum absolute atomic E-state index is 0. The number of carbonyl (C=O) groups excluding carboxylic acids is 2. The zero-order valence-electron chi connectivity index (χ0n) is 19.6. The lowest BCUT2D eigenvalue weighted by Gasteiger charge is -2.37. The van der Waals surface area contributed by atoms with E-state index in [-0.39, 0.29) is 54.9 Å². The number of hydrogen-bond acceptors (Lipinski definition) is 6. The lowest BCUT2D eigenvalue weighted by Crippen LogP contribution is -2.50. The first kappa shape index (κ1) is 28.2. The Morgan fingerprint density at radius 2 is 1.56 bits per heavy atom. The van der Waals surface area contributed by atoms with E-state index in [1.165, 1.54) is 11.0 Å². The molecule has 2 saturated heterocycles. The molecular weight excluding hydrogens is 506 g/mol. The van der Waals surface area contributed by atoms with Gasteiger partial charge in [-0.15, -0.1) is 12.4 Å². The molecule has 2 amide bonds. The number of β-amino-alcohol motifs (C(OH)–C–C–N with tert-alkyl or cyclic N) is 1. The van der Waals surface area contributed by atoms with Crippen molar-refractivity contribution in [3.8, 4) is 5.75 Å². The van der Waals surface area contributed by atoms with Crippen molar-refractivity contribution in [2.45, 2.75) is 31.3 Å². The van der Waals surface area contributed by atoms with Crippen LogP contribution in [0.25, 0.3) is 0 Å². The monoisotopic (exact) mass is 535 g/mol. The molecule has 2 heterocycles. The number of fused-ring (bicyclic) bond motifs is 1. The number of halogens is 5. The van der Waals surface area contributed by atoms with Gasteiger partial charge in [0.2, 0.25) is 11.8 Å². The van der Waals surface area contributed by atoms with Crippen LogP contribution in [-0.2, 0) is 9.59 Å². The van der Waals surface area contributed by atoms with Crippen LogP contribution in [0.2, 0.25) is 0 Å². The third-order valence-corrected chi connectivity index (χ3v) is 6.78. The molecule has 3 aliphatic rings. The van der Waals surface area contributed by atoms with Crippen molar-refractivity contribution in [3.63, 3.8) is 0 Å². The smallest absolute Gasteiger partial charge is 0.340 e. The van der Waals surface area contributed by atoms with Crippen molar-refractivity contribution in [2.24, 2.45) is 11.8 Å². The first-order chi connectivity index (χ1) is 16.7. The van der Waals surface area contributed by atoms with Gasteiger partial charge in [0.05, 0.1) is 30.2 Å². The fraction of sp³-hybridized carbons (Fsp3) is 0.583. The Bertz CT molecular complexity index is 933. The van der Waals surface area contributed by atoms with Crippen LogP contribution in [-0.4, -0.2) is 91.0 Å². The molecule has 0 spiro atoms. The third-order valence-electron chi connectivity index (χ3n) is 6.78. The summed E-state index contributed by atoms with van der Waals surface area (Å²) in [6.45, 7) is 0.882. The number of amides is 2. The van der Waals surface area contributed by atoms with Gasteiger partial charge in [-0.25, -0.2) is 8.78 Å². The number of ether oxygens (including phenoxy) is 1. The molecular formula is C24H30ClF4N3O4. The van der Waals surface area contributed by atoms with Gasteiger partial charge in [-0.1, -0.05) is 24.3 Å². The molecule has 4 rings (SSSR count). The van der Waals surface area contributed by atoms with Crippen LogP contribution in [0.15, 0.2) is 36.4 Å². The first-order valence-electron chi connectivity index (χ1n) is 11.7. The number of para-hydroxylation sites is 2. The van der Waals surface area contributed by atoms with E-state index in [1.54, 1.807) is 18.2 Å². The summed E-state index contributed by atoms with van der Waals surface area (Å²) in [7, 11) is 0. The molecule has 3 atom stereocenters. The maximum atomic E-state index is 13.3. The Morgan fingerprint density at radius 1 is 0.972 bits per heavy atom. The topological polar surface area (TPSA) is 73.3 Å². The van der Waals surface area contributed by atoms with E-state index < -0.39 is 25.1 Å². The average molecular weight is 536 g/mol. The number of likely N-dealkylation sites (tertiary alicyclic amines) is 1. The molecule has 7 nitrogen and oxygen atoms in total. The van der Waals surface area contributed by atoms with Crippen LogP contribution < -0.4 is 9.64 Å². The predicted molar refractivity (Wildman–Crippen MR) is 127 cm³/mol. The van der Waals surface area contributed by atoms with Crippen LogP contribution >= 0.6 is 12.4 Å². The van der Waals surface area contributed by atoms with Crippen molar-refractivity contribution < 1.29 is 37.0 Å². The number of aliphatic hydroxyl groups excluding tert-OH is 1. The molecule has 0 saturated carbocycles. The van der Waals surface area contributed by atoms with Gasteiger partial charge in [-0.3, -0.25) is 19.4 Å². The highest BCUT2D eigenvalue weighted by molar-refractivity contribution is 6.05. The number of nitrogens with zero attached hydrogens (tertiary/aromatic N) is 3. The molecule has 0 aromatic heterocycles. The van der Waals surface area contributed by atoms with E-state index in [0.717, 1.165) is 0 Å². The van der Waals surface area contributed by atoms with Gasteiger partial charge in [0.15, 0.2) is 6.61 Å². The molecule has 1 aromatic rings. The summed E-state index contributed by atoms with van der Waals surface area (Å²) in [6.07, 6.45) is 0.230. The Morgan fingerprint density at radius 3 is 2.14 bits per heavy atom. The Labute approximate surface area is 213 Å². The number of piperazine rings is 1. The quantitative estimate of drug-likeness (QED) is 0.298. The second-order valence-corrected chi connectivity index (χ2v) is 9.20. The molecule has 0 radical (unpaired) electrons. The highest BCUT2D eigenvalue weighted by Gasteiger charge is 2.47. The summed E-state index contributed by atoms with van der Waals surface area (Å²) < 4.78 is 56.5. The predicted octanol–water partition coefficient (Wildman–Crippen LogP) is 2.82. The van der Waals surface area contributed by atoms with Crippen LogP contribution in [0.1, 0.15) is 12.8 Å². The van der Waals surface area contributed by atoms with Crippen LogP contribution in [0, 0.1) is 11.8 Å². The maximum Gasteiger partial charge on any atom is 0.340 e. The summed E-state index contributed by atoms with van der Waals surface area (Å²) >= 11 is 0. The van der Waals surface area contributed by atoms with E-state index in [0.29, 0.717) is 44.7 Å². The largest absolute Gasteiger partial charge is 0.485 e. The van der Waals surface area contributed by atoms with E-state index in [4.69, 9.17) is 4.74 Å². The highest BCUT2D eigenvalue weighted by atomic mass is 35.5. The molecule has 2 fully saturated rings. The fourth-order valence-electron chi connectivity index (χ4n) is 4.86. The zero-order valence-corrected chi connectivity index (χ0v) is 20.4. The van der Waals surface area contributed by atoms with Gasteiger partial charge < -0.3 is 14.7 Å². The molecule has 1 N–H and O–H groups in total. The van der Waals surface area contributed by atoms with Crippen molar-refractivity contribution in [1.82, 2.24) is 9.80 Å². The number of rotatable bonds is 9. The highest BCUT2D eigenvalue weighted by Crippen LogP contribution is 2.35. The van der Waals surface area contributed by atoms with Crippen molar-refractivity contribution >= 4 is 29.9 Å². The average Bonchev–Trinajstić information content (AvgIpc) is 3.08. The number of aliphatic hydroxyl groups is 1. The SMILES string of the molecule is Cl.O=C1C2CC=CCC2C(=O)N1CC(O)CN1CCN(c2ccccc2OCC(F)(F)C(F)F)CC1. The van der Waals surface area contributed by atoms with Crippen LogP contribution in [0.5, 0.6) is 5.75 Å². The Kier molecular flexibility index (Phi) is 9.23. The summed E-state index contributed by atoms with van der Waals surface area (Å²) in [6, 6.07) is 6.43. The number of anilines is 1. The number of alkyl halides is 4. The van der Waals surface area contributed by atoms with Gasteiger partial charge in [0.1, 0.15) is 5.75 Å². The standard InChI is InChI=1S/C24H29F4N3O4.ClH/c25-23(26)24(27,28)15-35-20-8-4-3-7-19(20)30-11-9-29(10-12-30)13-16(32)14-31-21(33)17-5-1-2-6-18(17)22(31)34;/h1-4,7-8,16-18,23,32H,5-6,9-15H2;1H. The number of imide groups is 1. The van der Waals surface area contributed by atoms with Gasteiger partial charge in [0.25, 0.3) is 0 Å². The normalized spacial score (nSPS) is 23.6. The minimum Gasteiger partial charge on any atom is -0.485 e. The molecule has 200 valence electrons. The van der Waals surface area contributed by atoms with Crippen molar-refractivity contribution in [2.75, 3.05) is 50.8 Å². The fourth-order valence-corrected chi connectivity index (χ4v) is 4.86. The second kappa shape index (κ2) is 11.8. The van der Waals surface area contributed by atoms with E-state index in [9.17, 15) is 32.3 Å². The van der Waals surface area contributed by atoms with E-state index >= 15 is 0 Å². The summed E-state index contributed by atoms with van der Waals surface area (Å²) in [5.41, 5.74) is 0.530. The van der Waals surface area contributed by atoms with Crippen LogP contribution in [0.3, 0.4) is 0 Å². The van der Waals surface area contributed by atoms with Gasteiger partial charge >= 0.3 is 12.3 Å². The number of carbonyl (C=O) groups is 2. The molecule has 3 unspecified atom stereocenters. The van der Waals surface area contributed by atoms with Gasteiger partial charge in [-0.2, -0.15) is 8.78 Å². The molecule has 1 aromatic carbocycles. The Hall–Kier alpha value is -2.37. The maximum absolute atomic E-state index is 13.3. The first-order valence-corrected chi connectivity index (χ1v) is 11.7. The summed E-state index contributed by atoms with van der Waals surface area (Å²) in [4.78, 5) is 30.3. The summed E-state index contributed by atoms with van der Waals surface area (Å²) in [5, 5.41) is 10.6. The third kappa shape index (κ3) is 6.12. The van der Waals surface area contributed by atoms with Crippen molar-refractivity contribution in [3.05, 3.63) is 36.4 Å². The number of benzene rings is 1. The molecule has 1 aliphatic carbocycles. The number of allylic oxidation sites excluding steroid dienone is 2. The minimum atomic E-state index is -4.24. The molecule has 36 heavy (non-hydrogen) atoms. The van der Waals surface area contributed by atoms with Crippen LogP contribution in [0.4, 0.5) is 23.2 Å². The summed E-state index contributed by atoms with van der Waals surface area (Å²) in [5.74, 6) is -5.24. The van der Waals surface area contributed by atoms with E-state index in [2.05, 4.69) is 0 Å². The zero-order chi connectivity index (χ0) is 25.2. The molecule has 0 bridgehead atoms. The Balaban J connectivity index is 0.00000361. The molecule has 12 heteroatoms. The number of hydrogen-bond donors (Lipinski definition) is 1. The van der Waals surface area contributed by atoms with Gasteiger partial charge in [0, 0.05) is 32.7 Å². The van der Waals surface area contributed by atoms with E-state index in [1.807, 2.05) is 22.0 Å².